The molecule has 7 nitrogen and oxygen atoms in total. The van der Waals surface area contributed by atoms with Crippen molar-refractivity contribution in [3.63, 3.8) is 0 Å². The van der Waals surface area contributed by atoms with E-state index in [9.17, 15) is 9.59 Å². The van der Waals surface area contributed by atoms with Crippen molar-refractivity contribution in [1.29, 1.82) is 0 Å². The molecule has 0 spiro atoms. The van der Waals surface area contributed by atoms with Crippen LogP contribution in [0.4, 0.5) is 0 Å². The van der Waals surface area contributed by atoms with Gasteiger partial charge >= 0.3 is 5.97 Å². The molecule has 0 fully saturated rings. The van der Waals surface area contributed by atoms with Crippen molar-refractivity contribution in [2.75, 3.05) is 20.3 Å². The maximum atomic E-state index is 12.1. The molecule has 0 aliphatic carbocycles. The van der Waals surface area contributed by atoms with E-state index in [1.165, 1.54) is 0 Å². The summed E-state index contributed by atoms with van der Waals surface area (Å²) < 4.78 is 10.1. The second-order valence-corrected chi connectivity index (χ2v) is 6.06. The lowest BCUT2D eigenvalue weighted by Gasteiger charge is -2.06. The Kier molecular flexibility index (Phi) is 6.41. The van der Waals surface area contributed by atoms with Crippen molar-refractivity contribution in [1.82, 2.24) is 15.5 Å². The predicted octanol–water partition coefficient (Wildman–Crippen LogP) is 2.60. The summed E-state index contributed by atoms with van der Waals surface area (Å²) in [5, 5.41) is 9.45. The first-order chi connectivity index (χ1) is 13.7. The fourth-order valence-corrected chi connectivity index (χ4v) is 2.58. The molecule has 0 atom stereocenters. The Bertz CT molecular complexity index is 920. The van der Waals surface area contributed by atoms with Crippen LogP contribution in [0.1, 0.15) is 16.1 Å². The Balaban J connectivity index is 1.41. The second kappa shape index (κ2) is 9.36. The SMILES string of the molecule is COc1ccc(CCNC(=O)COC(=O)c2cc(-c3ccccc3)n[nH]2)cc1. The molecule has 2 N–H and O–H groups in total. The summed E-state index contributed by atoms with van der Waals surface area (Å²) in [5.41, 5.74) is 2.79. The van der Waals surface area contributed by atoms with Gasteiger partial charge in [0.2, 0.25) is 0 Å². The first-order valence-corrected chi connectivity index (χ1v) is 8.83. The van der Waals surface area contributed by atoms with Crippen LogP contribution in [0, 0.1) is 0 Å². The normalized spacial score (nSPS) is 10.3. The summed E-state index contributed by atoms with van der Waals surface area (Å²) in [6.45, 7) is 0.103. The molecule has 0 saturated carbocycles. The third-order valence-corrected chi connectivity index (χ3v) is 4.10. The smallest absolute Gasteiger partial charge is 0.356 e. The van der Waals surface area contributed by atoms with Gasteiger partial charge in [0.25, 0.3) is 5.91 Å². The van der Waals surface area contributed by atoms with Gasteiger partial charge in [-0.05, 0) is 30.2 Å². The van der Waals surface area contributed by atoms with Gasteiger partial charge in [-0.1, -0.05) is 42.5 Å². The Morgan fingerprint density at radius 3 is 2.54 bits per heavy atom. The highest BCUT2D eigenvalue weighted by molar-refractivity contribution is 5.90. The summed E-state index contributed by atoms with van der Waals surface area (Å²) in [5.74, 6) is -0.196. The van der Waals surface area contributed by atoms with Crippen molar-refractivity contribution in [2.24, 2.45) is 0 Å². The second-order valence-electron chi connectivity index (χ2n) is 6.06. The minimum absolute atomic E-state index is 0.199. The maximum absolute atomic E-state index is 12.1. The molecule has 1 aromatic heterocycles. The average molecular weight is 379 g/mol. The summed E-state index contributed by atoms with van der Waals surface area (Å²) >= 11 is 0. The molecule has 0 unspecified atom stereocenters. The number of amides is 1. The summed E-state index contributed by atoms with van der Waals surface area (Å²) in [6, 6.07) is 18.7. The standard InChI is InChI=1S/C21H21N3O4/c1-27-17-9-7-15(8-10-17)11-12-22-20(25)14-28-21(26)19-13-18(23-24-19)16-5-3-2-4-6-16/h2-10,13H,11-12,14H2,1H3,(H,22,25)(H,23,24). The Hall–Kier alpha value is -3.61. The number of hydrogen-bond acceptors (Lipinski definition) is 5. The van der Waals surface area contributed by atoms with E-state index in [0.29, 0.717) is 18.7 Å². The number of carbonyl (C=O) groups excluding carboxylic acids is 2. The van der Waals surface area contributed by atoms with Gasteiger partial charge in [0.1, 0.15) is 11.4 Å². The molecule has 0 radical (unpaired) electrons. The number of H-pyrrole nitrogens is 1. The number of benzene rings is 2. The molecule has 1 heterocycles. The zero-order valence-electron chi connectivity index (χ0n) is 15.5. The predicted molar refractivity (Wildman–Crippen MR) is 104 cm³/mol. The zero-order chi connectivity index (χ0) is 19.8. The van der Waals surface area contributed by atoms with Crippen LogP contribution in [0.2, 0.25) is 0 Å². The van der Waals surface area contributed by atoms with Gasteiger partial charge < -0.3 is 14.8 Å². The Morgan fingerprint density at radius 2 is 1.82 bits per heavy atom. The number of carbonyl (C=O) groups is 2. The fourth-order valence-electron chi connectivity index (χ4n) is 2.58. The van der Waals surface area contributed by atoms with Crippen LogP contribution in [-0.2, 0) is 16.0 Å². The average Bonchev–Trinajstić information content (AvgIpc) is 3.23. The minimum atomic E-state index is -0.625. The minimum Gasteiger partial charge on any atom is -0.497 e. The maximum Gasteiger partial charge on any atom is 0.356 e. The summed E-state index contributed by atoms with van der Waals surface area (Å²) in [7, 11) is 1.61. The highest BCUT2D eigenvalue weighted by atomic mass is 16.5. The van der Waals surface area contributed by atoms with Gasteiger partial charge in [-0.3, -0.25) is 9.89 Å². The molecule has 28 heavy (non-hydrogen) atoms. The number of esters is 1. The molecular weight excluding hydrogens is 358 g/mol. The third-order valence-electron chi connectivity index (χ3n) is 4.10. The van der Waals surface area contributed by atoms with Crippen molar-refractivity contribution in [3.05, 3.63) is 71.9 Å². The number of rotatable bonds is 8. The Morgan fingerprint density at radius 1 is 1.07 bits per heavy atom. The molecule has 2 aromatic carbocycles. The molecule has 0 aliphatic heterocycles. The summed E-state index contributed by atoms with van der Waals surface area (Å²) in [6.07, 6.45) is 0.671. The highest BCUT2D eigenvalue weighted by Crippen LogP contribution is 2.17. The van der Waals surface area contributed by atoms with E-state index < -0.39 is 5.97 Å². The molecule has 3 aromatic rings. The molecule has 0 aliphatic rings. The highest BCUT2D eigenvalue weighted by Gasteiger charge is 2.14. The van der Waals surface area contributed by atoms with Gasteiger partial charge in [-0.25, -0.2) is 4.79 Å². The van der Waals surface area contributed by atoms with Crippen LogP contribution in [0.25, 0.3) is 11.3 Å². The number of hydrogen-bond donors (Lipinski definition) is 2. The van der Waals surface area contributed by atoms with Crippen molar-refractivity contribution in [2.45, 2.75) is 6.42 Å². The van der Waals surface area contributed by atoms with Crippen LogP contribution in [-0.4, -0.2) is 42.3 Å². The number of ether oxygens (including phenoxy) is 2. The van der Waals surface area contributed by atoms with Gasteiger partial charge in [0, 0.05) is 12.1 Å². The van der Waals surface area contributed by atoms with E-state index >= 15 is 0 Å². The molecule has 7 heteroatoms. The molecule has 1 amide bonds. The van der Waals surface area contributed by atoms with Gasteiger partial charge in [0.05, 0.1) is 12.8 Å². The number of aromatic nitrogens is 2. The van der Waals surface area contributed by atoms with Gasteiger partial charge in [-0.2, -0.15) is 5.10 Å². The third kappa shape index (κ3) is 5.20. The van der Waals surface area contributed by atoms with E-state index in [2.05, 4.69) is 15.5 Å². The van der Waals surface area contributed by atoms with Gasteiger partial charge in [-0.15, -0.1) is 0 Å². The lowest BCUT2D eigenvalue weighted by molar-refractivity contribution is -0.124. The molecule has 0 bridgehead atoms. The van der Waals surface area contributed by atoms with E-state index in [4.69, 9.17) is 9.47 Å². The van der Waals surface area contributed by atoms with Crippen molar-refractivity contribution >= 4 is 11.9 Å². The number of aromatic amines is 1. The van der Waals surface area contributed by atoms with Crippen LogP contribution < -0.4 is 10.1 Å². The van der Waals surface area contributed by atoms with E-state index in [1.807, 2.05) is 54.6 Å². The van der Waals surface area contributed by atoms with Crippen molar-refractivity contribution in [3.8, 4) is 17.0 Å². The first-order valence-electron chi connectivity index (χ1n) is 8.83. The summed E-state index contributed by atoms with van der Waals surface area (Å²) in [4.78, 5) is 23.9. The number of nitrogens with one attached hydrogen (secondary N) is 2. The molecule has 3 rings (SSSR count). The lowest BCUT2D eigenvalue weighted by atomic mass is 10.1. The monoisotopic (exact) mass is 379 g/mol. The van der Waals surface area contributed by atoms with E-state index in [-0.39, 0.29) is 18.2 Å². The molecule has 0 saturated heterocycles. The largest absolute Gasteiger partial charge is 0.497 e. The zero-order valence-corrected chi connectivity index (χ0v) is 15.5. The molecule has 144 valence electrons. The molecular formula is C21H21N3O4. The van der Waals surface area contributed by atoms with Gasteiger partial charge in [0.15, 0.2) is 6.61 Å². The Labute approximate surface area is 162 Å². The van der Waals surface area contributed by atoms with E-state index in [0.717, 1.165) is 16.9 Å². The van der Waals surface area contributed by atoms with Crippen LogP contribution >= 0.6 is 0 Å². The first kappa shape index (κ1) is 19.2. The van der Waals surface area contributed by atoms with Crippen LogP contribution in [0.3, 0.4) is 0 Å². The van der Waals surface area contributed by atoms with Crippen LogP contribution in [0.15, 0.2) is 60.7 Å². The van der Waals surface area contributed by atoms with Crippen LogP contribution in [0.5, 0.6) is 5.75 Å². The topological polar surface area (TPSA) is 93.3 Å². The number of methoxy groups -OCH3 is 1. The van der Waals surface area contributed by atoms with E-state index in [1.54, 1.807) is 13.2 Å². The quantitative estimate of drug-likeness (QED) is 0.587. The lowest BCUT2D eigenvalue weighted by Crippen LogP contribution is -2.30. The number of nitrogens with zero attached hydrogens (tertiary/aromatic N) is 1. The van der Waals surface area contributed by atoms with Crippen molar-refractivity contribution < 1.29 is 19.1 Å². The fraction of sp³-hybridized carbons (Fsp3) is 0.190.